The third kappa shape index (κ3) is 7.29. The summed E-state index contributed by atoms with van der Waals surface area (Å²) in [4.78, 5) is 4.56. The van der Waals surface area contributed by atoms with E-state index in [0.717, 1.165) is 12.1 Å². The Morgan fingerprint density at radius 1 is 1.08 bits per heavy atom. The summed E-state index contributed by atoms with van der Waals surface area (Å²) in [5.74, 6) is 0.451. The molecule has 0 saturated heterocycles. The molecule has 0 aliphatic heterocycles. The zero-order valence-corrected chi connectivity index (χ0v) is 17.3. The van der Waals surface area contributed by atoms with E-state index in [9.17, 15) is 9.50 Å². The Morgan fingerprint density at radius 3 is 2.42 bits per heavy atom. The molecule has 0 amide bonds. The summed E-state index contributed by atoms with van der Waals surface area (Å²) >= 11 is 0. The second-order valence-electron chi connectivity index (χ2n) is 5.78. The molecule has 26 heavy (non-hydrogen) atoms. The maximum atomic E-state index is 13.6. The van der Waals surface area contributed by atoms with Gasteiger partial charge in [0.25, 0.3) is 0 Å². The first kappa shape index (κ1) is 22.4. The van der Waals surface area contributed by atoms with Crippen LogP contribution in [0.1, 0.15) is 24.0 Å². The van der Waals surface area contributed by atoms with Crippen molar-refractivity contribution in [1.29, 1.82) is 0 Å². The van der Waals surface area contributed by atoms with Gasteiger partial charge in [0.2, 0.25) is 0 Å². The lowest BCUT2D eigenvalue weighted by molar-refractivity contribution is 0.268. The summed E-state index contributed by atoms with van der Waals surface area (Å²) < 4.78 is 13.6. The molecule has 1 atom stereocenters. The normalized spacial score (nSPS) is 12.2. The van der Waals surface area contributed by atoms with Crippen molar-refractivity contribution in [2.75, 3.05) is 26.2 Å². The molecule has 6 heteroatoms. The van der Waals surface area contributed by atoms with Crippen LogP contribution in [-0.2, 0) is 6.42 Å². The Hall–Kier alpha value is -1.67. The van der Waals surface area contributed by atoms with Gasteiger partial charge in [0.05, 0.1) is 13.2 Å². The third-order valence-electron chi connectivity index (χ3n) is 3.95. The van der Waals surface area contributed by atoms with Gasteiger partial charge in [0, 0.05) is 19.0 Å². The smallest absolute Gasteiger partial charge is 0.191 e. The number of guanidine groups is 1. The minimum atomic E-state index is -0.185. The largest absolute Gasteiger partial charge is 0.396 e. The van der Waals surface area contributed by atoms with Gasteiger partial charge in [-0.2, -0.15) is 0 Å². The van der Waals surface area contributed by atoms with Gasteiger partial charge >= 0.3 is 0 Å². The van der Waals surface area contributed by atoms with Crippen molar-refractivity contribution in [3.05, 3.63) is 71.5 Å². The number of halogens is 2. The van der Waals surface area contributed by atoms with Crippen LogP contribution in [0.3, 0.4) is 0 Å². The van der Waals surface area contributed by atoms with Crippen molar-refractivity contribution >= 4 is 29.9 Å². The van der Waals surface area contributed by atoms with Crippen LogP contribution in [0.2, 0.25) is 0 Å². The van der Waals surface area contributed by atoms with Crippen LogP contribution in [0.5, 0.6) is 0 Å². The average molecular weight is 471 g/mol. The number of aliphatic imine (C=N–C) groups is 1. The van der Waals surface area contributed by atoms with E-state index in [0.29, 0.717) is 31.0 Å². The molecule has 0 radical (unpaired) electrons. The lowest BCUT2D eigenvalue weighted by Crippen LogP contribution is -2.38. The van der Waals surface area contributed by atoms with Gasteiger partial charge in [-0.1, -0.05) is 48.5 Å². The first-order chi connectivity index (χ1) is 12.2. The Labute approximate surface area is 172 Å². The Morgan fingerprint density at radius 2 is 1.77 bits per heavy atom. The molecule has 0 spiro atoms. The van der Waals surface area contributed by atoms with Crippen LogP contribution in [-0.4, -0.2) is 37.3 Å². The minimum absolute atomic E-state index is 0. The number of nitrogens with one attached hydrogen (secondary N) is 2. The quantitative estimate of drug-likeness (QED) is 0.315. The van der Waals surface area contributed by atoms with Crippen LogP contribution < -0.4 is 10.6 Å². The molecule has 2 aromatic rings. The summed E-state index contributed by atoms with van der Waals surface area (Å²) in [6, 6.07) is 16.6. The van der Waals surface area contributed by atoms with Crippen molar-refractivity contribution in [2.45, 2.75) is 19.3 Å². The summed E-state index contributed by atoms with van der Waals surface area (Å²) in [6.07, 6.45) is 0.583. The molecule has 4 nitrogen and oxygen atoms in total. The highest BCUT2D eigenvalue weighted by Gasteiger charge is 2.10. The maximum Gasteiger partial charge on any atom is 0.191 e. The summed E-state index contributed by atoms with van der Waals surface area (Å²) in [5, 5.41) is 16.0. The molecule has 1 unspecified atom stereocenters. The number of hydrogen-bond acceptors (Lipinski definition) is 2. The fourth-order valence-electron chi connectivity index (χ4n) is 2.55. The fourth-order valence-corrected chi connectivity index (χ4v) is 2.55. The van der Waals surface area contributed by atoms with Crippen molar-refractivity contribution in [2.24, 2.45) is 4.99 Å². The predicted octanol–water partition coefficient (Wildman–Crippen LogP) is 3.32. The Kier molecular flexibility index (Phi) is 10.9. The van der Waals surface area contributed by atoms with Gasteiger partial charge in [-0.3, -0.25) is 4.99 Å². The second kappa shape index (κ2) is 12.6. The first-order valence-electron chi connectivity index (χ1n) is 8.66. The molecular formula is C20H27FIN3O. The molecule has 2 aromatic carbocycles. The average Bonchev–Trinajstić information content (AvgIpc) is 2.64. The van der Waals surface area contributed by atoms with E-state index in [1.165, 1.54) is 6.07 Å². The van der Waals surface area contributed by atoms with Gasteiger partial charge in [-0.15, -0.1) is 24.0 Å². The molecule has 0 fully saturated rings. The number of nitrogens with zero attached hydrogens (tertiary/aromatic N) is 1. The van der Waals surface area contributed by atoms with E-state index in [4.69, 9.17) is 0 Å². The van der Waals surface area contributed by atoms with E-state index in [2.05, 4.69) is 15.6 Å². The highest BCUT2D eigenvalue weighted by atomic mass is 127. The van der Waals surface area contributed by atoms with E-state index in [1.807, 2.05) is 43.3 Å². The molecule has 2 rings (SSSR count). The molecule has 0 aromatic heterocycles. The van der Waals surface area contributed by atoms with Gasteiger partial charge in [-0.25, -0.2) is 4.39 Å². The standard InChI is InChI=1S/C20H26FN3O.HI/c1-2-22-20(23-13-12-17-10-6-7-11-19(17)21)24-14-18(15-25)16-8-4-3-5-9-16;/h3-11,18,25H,2,12-15H2,1H3,(H2,22,23,24);1H. The van der Waals surface area contributed by atoms with Gasteiger partial charge in [-0.05, 0) is 30.5 Å². The molecule has 0 saturated carbocycles. The van der Waals surface area contributed by atoms with E-state index >= 15 is 0 Å². The fraction of sp³-hybridized carbons (Fsp3) is 0.350. The number of rotatable bonds is 8. The molecule has 0 aliphatic rings. The highest BCUT2D eigenvalue weighted by molar-refractivity contribution is 14.0. The number of hydrogen-bond donors (Lipinski definition) is 3. The second-order valence-corrected chi connectivity index (χ2v) is 5.78. The van der Waals surface area contributed by atoms with E-state index in [-0.39, 0.29) is 42.3 Å². The van der Waals surface area contributed by atoms with Crippen LogP contribution >= 0.6 is 24.0 Å². The molecule has 3 N–H and O–H groups in total. The molecule has 0 aliphatic carbocycles. The summed E-state index contributed by atoms with van der Waals surface area (Å²) in [5.41, 5.74) is 1.75. The van der Waals surface area contributed by atoms with Crippen LogP contribution in [0.15, 0.2) is 59.6 Å². The molecule has 0 bridgehead atoms. The predicted molar refractivity (Wildman–Crippen MR) is 116 cm³/mol. The van der Waals surface area contributed by atoms with Crippen LogP contribution in [0, 0.1) is 5.82 Å². The lowest BCUT2D eigenvalue weighted by Gasteiger charge is -2.15. The van der Waals surface area contributed by atoms with E-state index in [1.54, 1.807) is 12.1 Å². The number of aliphatic hydroxyl groups is 1. The van der Waals surface area contributed by atoms with Crippen molar-refractivity contribution in [3.63, 3.8) is 0 Å². The van der Waals surface area contributed by atoms with Gasteiger partial charge in [0.1, 0.15) is 5.82 Å². The highest BCUT2D eigenvalue weighted by Crippen LogP contribution is 2.14. The zero-order chi connectivity index (χ0) is 17.9. The minimum Gasteiger partial charge on any atom is -0.396 e. The van der Waals surface area contributed by atoms with E-state index < -0.39 is 0 Å². The zero-order valence-electron chi connectivity index (χ0n) is 15.0. The topological polar surface area (TPSA) is 56.7 Å². The van der Waals surface area contributed by atoms with Crippen LogP contribution in [0.4, 0.5) is 4.39 Å². The summed E-state index contributed by atoms with van der Waals surface area (Å²) in [6.45, 7) is 3.84. The lowest BCUT2D eigenvalue weighted by atomic mass is 10.0. The van der Waals surface area contributed by atoms with Crippen molar-refractivity contribution in [1.82, 2.24) is 10.6 Å². The Balaban J connectivity index is 0.00000338. The van der Waals surface area contributed by atoms with Gasteiger partial charge in [0.15, 0.2) is 5.96 Å². The SMILES string of the molecule is CCNC(=NCC(CO)c1ccccc1)NCCc1ccccc1F.I. The van der Waals surface area contributed by atoms with Gasteiger partial charge < -0.3 is 15.7 Å². The van der Waals surface area contributed by atoms with Crippen LogP contribution in [0.25, 0.3) is 0 Å². The molecular weight excluding hydrogens is 444 g/mol. The third-order valence-corrected chi connectivity index (χ3v) is 3.95. The monoisotopic (exact) mass is 471 g/mol. The summed E-state index contributed by atoms with van der Waals surface area (Å²) in [7, 11) is 0. The first-order valence-corrected chi connectivity index (χ1v) is 8.66. The Bertz CT molecular complexity index is 667. The van der Waals surface area contributed by atoms with Crippen molar-refractivity contribution in [3.8, 4) is 0 Å². The number of aliphatic hydroxyl groups excluding tert-OH is 1. The maximum absolute atomic E-state index is 13.6. The molecule has 0 heterocycles. The molecule has 142 valence electrons. The number of benzene rings is 2. The van der Waals surface area contributed by atoms with Crippen molar-refractivity contribution < 1.29 is 9.50 Å².